The molecule has 0 bridgehead atoms. The molecule has 6 nitrogen and oxygen atoms in total. The second kappa shape index (κ2) is 8.78. The van der Waals surface area contributed by atoms with Crippen molar-refractivity contribution in [1.82, 2.24) is 4.90 Å². The maximum absolute atomic E-state index is 13.7. The summed E-state index contributed by atoms with van der Waals surface area (Å²) in [6, 6.07) is 13.7. The number of halogens is 1. The van der Waals surface area contributed by atoms with Crippen molar-refractivity contribution >= 4 is 17.5 Å². The first-order valence-corrected chi connectivity index (χ1v) is 11.6. The Bertz CT molecular complexity index is 1030. The third kappa shape index (κ3) is 4.10. The van der Waals surface area contributed by atoms with Gasteiger partial charge in [0.1, 0.15) is 24.7 Å². The summed E-state index contributed by atoms with van der Waals surface area (Å²) < 4.78 is 24.4. The van der Waals surface area contributed by atoms with Gasteiger partial charge in [-0.05, 0) is 61.1 Å². The summed E-state index contributed by atoms with van der Waals surface area (Å²) in [6.45, 7) is 2.35. The number of fused-ring (bicyclic) bond motifs is 3. The van der Waals surface area contributed by atoms with Gasteiger partial charge in [0.2, 0.25) is 11.8 Å². The summed E-state index contributed by atoms with van der Waals surface area (Å²) in [6.07, 6.45) is 2.53. The molecule has 1 saturated heterocycles. The zero-order valence-electron chi connectivity index (χ0n) is 18.8. The summed E-state index contributed by atoms with van der Waals surface area (Å²) in [5.41, 5.74) is 1.24. The van der Waals surface area contributed by atoms with Gasteiger partial charge < -0.3 is 19.3 Å². The fraction of sp³-hybridized carbons (Fsp3) is 0.462. The van der Waals surface area contributed by atoms with Crippen LogP contribution in [0.5, 0.6) is 5.75 Å². The van der Waals surface area contributed by atoms with Crippen molar-refractivity contribution < 1.29 is 23.5 Å². The highest BCUT2D eigenvalue weighted by Crippen LogP contribution is 2.65. The molecule has 174 valence electrons. The normalized spacial score (nSPS) is 24.3. The first-order chi connectivity index (χ1) is 16.0. The van der Waals surface area contributed by atoms with Crippen LogP contribution < -0.4 is 9.64 Å². The highest BCUT2D eigenvalue weighted by molar-refractivity contribution is 6.07. The Morgan fingerprint density at radius 3 is 2.58 bits per heavy atom. The first-order valence-electron chi connectivity index (χ1n) is 11.6. The summed E-state index contributed by atoms with van der Waals surface area (Å²) in [5.74, 6) is 0.681. The minimum Gasteiger partial charge on any atom is -0.492 e. The third-order valence-electron chi connectivity index (χ3n) is 7.32. The van der Waals surface area contributed by atoms with Crippen LogP contribution in [0.2, 0.25) is 0 Å². The molecule has 0 N–H and O–H groups in total. The van der Waals surface area contributed by atoms with Crippen LogP contribution in [0, 0.1) is 17.2 Å². The van der Waals surface area contributed by atoms with E-state index in [1.165, 1.54) is 12.1 Å². The second-order valence-corrected chi connectivity index (χ2v) is 9.39. The third-order valence-corrected chi connectivity index (χ3v) is 7.32. The van der Waals surface area contributed by atoms with Crippen molar-refractivity contribution in [3.05, 3.63) is 59.9 Å². The zero-order valence-corrected chi connectivity index (χ0v) is 18.8. The Balaban J connectivity index is 1.31. The molecule has 1 aliphatic carbocycles. The van der Waals surface area contributed by atoms with Crippen molar-refractivity contribution in [3.63, 3.8) is 0 Å². The van der Waals surface area contributed by atoms with E-state index in [0.29, 0.717) is 31.2 Å². The van der Waals surface area contributed by atoms with E-state index in [-0.39, 0.29) is 36.7 Å². The molecule has 3 aliphatic rings. The highest BCUT2D eigenvalue weighted by Gasteiger charge is 2.66. The second-order valence-electron chi connectivity index (χ2n) is 9.39. The summed E-state index contributed by atoms with van der Waals surface area (Å²) in [5, 5.41) is 0. The average Bonchev–Trinajstić information content (AvgIpc) is 3.58. The highest BCUT2D eigenvalue weighted by atomic mass is 19.1. The van der Waals surface area contributed by atoms with Crippen molar-refractivity contribution in [2.75, 3.05) is 44.9 Å². The van der Waals surface area contributed by atoms with Crippen LogP contribution in [-0.4, -0.2) is 56.7 Å². The Hall–Kier alpha value is -2.93. The molecule has 2 heterocycles. The number of nitrogens with zero attached hydrogens (tertiary/aromatic N) is 2. The SMILES string of the molecule is COCC1CCN(C(=O)CN2C(=O)C3(COc4ccc(F)cc4)CC3c3ccccc32)CC1. The van der Waals surface area contributed by atoms with Crippen LogP contribution in [-0.2, 0) is 14.3 Å². The molecular formula is C26H29FN2O4. The van der Waals surface area contributed by atoms with Crippen molar-refractivity contribution in [1.29, 1.82) is 0 Å². The van der Waals surface area contributed by atoms with Crippen LogP contribution in [0.1, 0.15) is 30.7 Å². The molecule has 33 heavy (non-hydrogen) atoms. The molecule has 0 radical (unpaired) electrons. The van der Waals surface area contributed by atoms with Crippen LogP contribution in [0.15, 0.2) is 48.5 Å². The Morgan fingerprint density at radius 2 is 1.85 bits per heavy atom. The van der Waals surface area contributed by atoms with Crippen LogP contribution in [0.25, 0.3) is 0 Å². The molecule has 0 aromatic heterocycles. The lowest BCUT2D eigenvalue weighted by molar-refractivity contribution is -0.134. The lowest BCUT2D eigenvalue weighted by atomic mass is 9.91. The van der Waals surface area contributed by atoms with Gasteiger partial charge in [0.05, 0.1) is 5.41 Å². The minimum atomic E-state index is -0.672. The van der Waals surface area contributed by atoms with E-state index in [2.05, 4.69) is 0 Å². The van der Waals surface area contributed by atoms with E-state index >= 15 is 0 Å². The van der Waals surface area contributed by atoms with Gasteiger partial charge in [0, 0.05) is 38.4 Å². The molecule has 5 rings (SSSR count). The maximum atomic E-state index is 13.7. The fourth-order valence-electron chi connectivity index (χ4n) is 5.30. The largest absolute Gasteiger partial charge is 0.492 e. The number of anilines is 1. The number of methoxy groups -OCH3 is 1. The molecule has 2 aromatic rings. The van der Waals surface area contributed by atoms with Crippen molar-refractivity contribution in [3.8, 4) is 5.75 Å². The number of para-hydroxylation sites is 1. The molecule has 0 spiro atoms. The average molecular weight is 453 g/mol. The Kier molecular flexibility index (Phi) is 5.83. The minimum absolute atomic E-state index is 0.0253. The first kappa shape index (κ1) is 21.9. The summed E-state index contributed by atoms with van der Waals surface area (Å²) in [7, 11) is 1.71. The van der Waals surface area contributed by atoms with E-state index in [9.17, 15) is 14.0 Å². The van der Waals surface area contributed by atoms with Crippen LogP contribution in [0.4, 0.5) is 10.1 Å². The molecule has 2 fully saturated rings. The van der Waals surface area contributed by atoms with Gasteiger partial charge in [0.25, 0.3) is 0 Å². The van der Waals surface area contributed by atoms with Gasteiger partial charge in [0.15, 0.2) is 0 Å². The quantitative estimate of drug-likeness (QED) is 0.644. The number of amides is 2. The van der Waals surface area contributed by atoms with Gasteiger partial charge in [-0.15, -0.1) is 0 Å². The smallest absolute Gasteiger partial charge is 0.242 e. The van der Waals surface area contributed by atoms with E-state index in [4.69, 9.17) is 9.47 Å². The van der Waals surface area contributed by atoms with Crippen molar-refractivity contribution in [2.24, 2.45) is 11.3 Å². The maximum Gasteiger partial charge on any atom is 0.242 e. The number of rotatable bonds is 7. The molecule has 1 saturated carbocycles. The number of carbonyl (C=O) groups excluding carboxylic acids is 2. The molecule has 7 heteroatoms. The van der Waals surface area contributed by atoms with Crippen LogP contribution >= 0.6 is 0 Å². The van der Waals surface area contributed by atoms with Crippen molar-refractivity contribution in [2.45, 2.75) is 25.2 Å². The van der Waals surface area contributed by atoms with Crippen LogP contribution in [0.3, 0.4) is 0 Å². The predicted octanol–water partition coefficient (Wildman–Crippen LogP) is 3.61. The number of benzene rings is 2. The van der Waals surface area contributed by atoms with E-state index in [0.717, 1.165) is 30.7 Å². The standard InChI is InChI=1S/C26H29FN2O4/c1-32-16-18-10-12-28(13-11-18)24(30)15-29-23-5-3-2-4-21(23)22-14-26(22,25(29)31)17-33-20-8-6-19(27)7-9-20/h2-9,18,22H,10-17H2,1H3. The van der Waals surface area contributed by atoms with E-state index in [1.54, 1.807) is 24.1 Å². The molecule has 2 atom stereocenters. The topological polar surface area (TPSA) is 59.1 Å². The Labute approximate surface area is 193 Å². The summed E-state index contributed by atoms with van der Waals surface area (Å²) >= 11 is 0. The van der Waals surface area contributed by atoms with Gasteiger partial charge in [-0.2, -0.15) is 0 Å². The fourth-order valence-corrected chi connectivity index (χ4v) is 5.30. The number of hydrogen-bond donors (Lipinski definition) is 0. The number of piperidine rings is 1. The molecule has 2 unspecified atom stereocenters. The van der Waals surface area contributed by atoms with Gasteiger partial charge in [-0.3, -0.25) is 9.59 Å². The lowest BCUT2D eigenvalue weighted by Gasteiger charge is -2.36. The number of hydrogen-bond acceptors (Lipinski definition) is 4. The number of likely N-dealkylation sites (tertiary alicyclic amines) is 1. The summed E-state index contributed by atoms with van der Waals surface area (Å²) in [4.78, 5) is 30.4. The molecular weight excluding hydrogens is 423 g/mol. The van der Waals surface area contributed by atoms with Gasteiger partial charge in [-0.25, -0.2) is 4.39 Å². The Morgan fingerprint density at radius 1 is 1.12 bits per heavy atom. The lowest BCUT2D eigenvalue weighted by Crippen LogP contribution is -2.50. The van der Waals surface area contributed by atoms with Gasteiger partial charge >= 0.3 is 0 Å². The van der Waals surface area contributed by atoms with Gasteiger partial charge in [-0.1, -0.05) is 18.2 Å². The van der Waals surface area contributed by atoms with E-state index < -0.39 is 5.41 Å². The number of ether oxygens (including phenoxy) is 2. The molecule has 2 aliphatic heterocycles. The predicted molar refractivity (Wildman–Crippen MR) is 122 cm³/mol. The number of carbonyl (C=O) groups is 2. The zero-order chi connectivity index (χ0) is 23.0. The van der Waals surface area contributed by atoms with E-state index in [1.807, 2.05) is 29.2 Å². The molecule has 2 aromatic carbocycles. The molecule has 2 amide bonds. The monoisotopic (exact) mass is 452 g/mol.